The zero-order valence-corrected chi connectivity index (χ0v) is 14.7. The first-order valence-corrected chi connectivity index (χ1v) is 9.80. The fraction of sp³-hybridized carbons (Fsp3) is 0.235. The highest BCUT2D eigenvalue weighted by Crippen LogP contribution is 2.28. The molecule has 0 radical (unpaired) electrons. The molecule has 8 nitrogen and oxygen atoms in total. The molecule has 1 fully saturated rings. The SMILES string of the molecule is O=S1(=O)N=C(N2CCN(c3nccn4nccc34)CC2)c2ccccc21. The third kappa shape index (κ3) is 2.27. The monoisotopic (exact) mass is 368 g/mol. The number of sulfonamides is 1. The van der Waals surface area contributed by atoms with Crippen molar-refractivity contribution in [3.05, 3.63) is 54.5 Å². The molecule has 4 heterocycles. The summed E-state index contributed by atoms with van der Waals surface area (Å²) in [7, 11) is -3.58. The van der Waals surface area contributed by atoms with E-state index in [1.807, 2.05) is 29.3 Å². The molecular formula is C17H16N6O2S. The van der Waals surface area contributed by atoms with Crippen LogP contribution in [0.1, 0.15) is 5.56 Å². The molecule has 0 N–H and O–H groups in total. The lowest BCUT2D eigenvalue weighted by Crippen LogP contribution is -2.49. The van der Waals surface area contributed by atoms with Gasteiger partial charge in [0, 0.05) is 44.1 Å². The number of fused-ring (bicyclic) bond motifs is 2. The molecule has 0 bridgehead atoms. The molecule has 5 rings (SSSR count). The number of anilines is 1. The molecule has 1 aromatic carbocycles. The highest BCUT2D eigenvalue weighted by atomic mass is 32.2. The first-order chi connectivity index (χ1) is 12.6. The van der Waals surface area contributed by atoms with Crippen molar-refractivity contribution in [1.82, 2.24) is 19.5 Å². The van der Waals surface area contributed by atoms with Crippen LogP contribution in [0.15, 0.2) is 58.2 Å². The van der Waals surface area contributed by atoms with Crippen LogP contribution in [-0.4, -0.2) is 59.9 Å². The number of nitrogens with zero attached hydrogens (tertiary/aromatic N) is 6. The third-order valence-corrected chi connectivity index (χ3v) is 6.12. The second kappa shape index (κ2) is 5.53. The maximum absolute atomic E-state index is 12.3. The Labute approximate surface area is 150 Å². The van der Waals surface area contributed by atoms with Crippen molar-refractivity contribution in [2.45, 2.75) is 4.90 Å². The minimum atomic E-state index is -3.58. The number of aromatic nitrogens is 3. The number of hydrogen-bond acceptors (Lipinski definition) is 6. The average Bonchev–Trinajstić information content (AvgIpc) is 3.25. The fourth-order valence-corrected chi connectivity index (χ4v) is 4.76. The maximum atomic E-state index is 12.3. The van der Waals surface area contributed by atoms with E-state index in [1.165, 1.54) is 0 Å². The molecule has 1 saturated heterocycles. The van der Waals surface area contributed by atoms with Gasteiger partial charge in [0.1, 0.15) is 10.4 Å². The third-order valence-electron chi connectivity index (χ3n) is 4.80. The first-order valence-electron chi connectivity index (χ1n) is 8.36. The Morgan fingerprint density at radius 2 is 1.69 bits per heavy atom. The van der Waals surface area contributed by atoms with Gasteiger partial charge in [-0.3, -0.25) is 0 Å². The van der Waals surface area contributed by atoms with E-state index < -0.39 is 10.0 Å². The van der Waals surface area contributed by atoms with Gasteiger partial charge in [-0.2, -0.15) is 13.5 Å². The molecule has 9 heteroatoms. The van der Waals surface area contributed by atoms with Gasteiger partial charge in [-0.15, -0.1) is 4.40 Å². The number of rotatable bonds is 1. The Bertz CT molecular complexity index is 1130. The van der Waals surface area contributed by atoms with Crippen LogP contribution >= 0.6 is 0 Å². The Kier molecular flexibility index (Phi) is 3.26. The van der Waals surface area contributed by atoms with Crippen molar-refractivity contribution in [3.63, 3.8) is 0 Å². The van der Waals surface area contributed by atoms with Crippen molar-refractivity contribution < 1.29 is 8.42 Å². The maximum Gasteiger partial charge on any atom is 0.285 e. The molecule has 0 spiro atoms. The van der Waals surface area contributed by atoms with Crippen LogP contribution in [0.2, 0.25) is 0 Å². The zero-order chi connectivity index (χ0) is 17.7. The highest BCUT2D eigenvalue weighted by Gasteiger charge is 2.33. The predicted octanol–water partition coefficient (Wildman–Crippen LogP) is 1.00. The largest absolute Gasteiger partial charge is 0.352 e. The average molecular weight is 368 g/mol. The Morgan fingerprint density at radius 3 is 2.54 bits per heavy atom. The molecule has 2 aliphatic rings. The quantitative estimate of drug-likeness (QED) is 0.637. The highest BCUT2D eigenvalue weighted by molar-refractivity contribution is 7.90. The Hall–Kier alpha value is -2.94. The van der Waals surface area contributed by atoms with Gasteiger partial charge in [0.25, 0.3) is 10.0 Å². The van der Waals surface area contributed by atoms with Gasteiger partial charge in [0.2, 0.25) is 0 Å². The molecule has 3 aromatic rings. The molecular weight excluding hydrogens is 352 g/mol. The number of benzene rings is 1. The van der Waals surface area contributed by atoms with Gasteiger partial charge in [-0.05, 0) is 18.2 Å². The standard InChI is InChI=1S/C17H16N6O2S/c24-26(25)15-4-2-1-3-13(15)16(20-26)21-9-11-22(12-10-21)17-14-5-6-19-23(14)8-7-18-17/h1-8H,9-12H2. The minimum Gasteiger partial charge on any atom is -0.352 e. The summed E-state index contributed by atoms with van der Waals surface area (Å²) < 4.78 is 30.4. The van der Waals surface area contributed by atoms with E-state index in [0.717, 1.165) is 24.4 Å². The fourth-order valence-electron chi connectivity index (χ4n) is 3.53. The molecule has 132 valence electrons. The molecule has 2 aromatic heterocycles. The van der Waals surface area contributed by atoms with Crippen LogP contribution in [0.4, 0.5) is 5.82 Å². The van der Waals surface area contributed by atoms with E-state index in [-0.39, 0.29) is 0 Å². The van der Waals surface area contributed by atoms with Gasteiger partial charge < -0.3 is 9.80 Å². The van der Waals surface area contributed by atoms with Gasteiger partial charge in [0.05, 0.1) is 6.20 Å². The van der Waals surface area contributed by atoms with Crippen molar-refractivity contribution in [2.24, 2.45) is 4.40 Å². The van der Waals surface area contributed by atoms with Gasteiger partial charge in [-0.25, -0.2) is 9.50 Å². The van der Waals surface area contributed by atoms with E-state index in [9.17, 15) is 8.42 Å². The summed E-state index contributed by atoms with van der Waals surface area (Å²) in [6, 6.07) is 8.94. The number of piperazine rings is 1. The second-order valence-electron chi connectivity index (χ2n) is 6.27. The predicted molar refractivity (Wildman–Crippen MR) is 96.9 cm³/mol. The minimum absolute atomic E-state index is 0.295. The zero-order valence-electron chi connectivity index (χ0n) is 13.9. The first kappa shape index (κ1) is 15.3. The van der Waals surface area contributed by atoms with Crippen molar-refractivity contribution in [1.29, 1.82) is 0 Å². The van der Waals surface area contributed by atoms with E-state index in [1.54, 1.807) is 29.0 Å². The van der Waals surface area contributed by atoms with Gasteiger partial charge in [-0.1, -0.05) is 12.1 Å². The molecule has 0 saturated carbocycles. The molecule has 0 amide bonds. The van der Waals surface area contributed by atoms with Crippen molar-refractivity contribution in [2.75, 3.05) is 31.1 Å². The summed E-state index contributed by atoms with van der Waals surface area (Å²) in [5.41, 5.74) is 1.66. The summed E-state index contributed by atoms with van der Waals surface area (Å²) in [4.78, 5) is 9.04. The van der Waals surface area contributed by atoms with Crippen LogP contribution in [0.5, 0.6) is 0 Å². The smallest absolute Gasteiger partial charge is 0.285 e. The van der Waals surface area contributed by atoms with Crippen molar-refractivity contribution in [3.8, 4) is 0 Å². The Balaban J connectivity index is 1.41. The lowest BCUT2D eigenvalue weighted by molar-refractivity contribution is 0.386. The van der Waals surface area contributed by atoms with Crippen molar-refractivity contribution >= 4 is 27.2 Å². The normalized spacial score (nSPS) is 18.8. The molecule has 2 aliphatic heterocycles. The number of hydrogen-bond donors (Lipinski definition) is 0. The van der Waals surface area contributed by atoms with Gasteiger partial charge in [0.15, 0.2) is 11.7 Å². The summed E-state index contributed by atoms with van der Waals surface area (Å²) in [5.74, 6) is 1.45. The molecule has 0 atom stereocenters. The van der Waals surface area contributed by atoms with Crippen LogP contribution in [0, 0.1) is 0 Å². The van der Waals surface area contributed by atoms with Crippen LogP contribution in [-0.2, 0) is 10.0 Å². The van der Waals surface area contributed by atoms with E-state index >= 15 is 0 Å². The molecule has 0 aliphatic carbocycles. The number of amidine groups is 1. The summed E-state index contributed by atoms with van der Waals surface area (Å²) in [6.07, 6.45) is 5.32. The second-order valence-corrected chi connectivity index (χ2v) is 7.84. The van der Waals surface area contributed by atoms with E-state index in [2.05, 4.69) is 19.4 Å². The van der Waals surface area contributed by atoms with Crippen LogP contribution in [0.25, 0.3) is 5.52 Å². The lowest BCUT2D eigenvalue weighted by atomic mass is 10.1. The molecule has 26 heavy (non-hydrogen) atoms. The Morgan fingerprint density at radius 1 is 0.923 bits per heavy atom. The van der Waals surface area contributed by atoms with Gasteiger partial charge >= 0.3 is 0 Å². The molecule has 0 unspecified atom stereocenters. The van der Waals surface area contributed by atoms with E-state index in [4.69, 9.17) is 0 Å². The lowest BCUT2D eigenvalue weighted by Gasteiger charge is -2.36. The summed E-state index contributed by atoms with van der Waals surface area (Å²) in [6.45, 7) is 2.83. The van der Waals surface area contributed by atoms with Crippen LogP contribution < -0.4 is 4.90 Å². The van der Waals surface area contributed by atoms with Crippen LogP contribution in [0.3, 0.4) is 0 Å². The summed E-state index contributed by atoms with van der Waals surface area (Å²) in [5, 5.41) is 4.25. The summed E-state index contributed by atoms with van der Waals surface area (Å²) >= 11 is 0. The topological polar surface area (TPSA) is 83.2 Å². The van der Waals surface area contributed by atoms with E-state index in [0.29, 0.717) is 29.4 Å².